The van der Waals surface area contributed by atoms with Crippen LogP contribution in [0, 0.1) is 6.92 Å². The summed E-state index contributed by atoms with van der Waals surface area (Å²) in [5.41, 5.74) is 0.572. The first-order valence-electron chi connectivity index (χ1n) is 7.20. The van der Waals surface area contributed by atoms with Gasteiger partial charge in [-0.25, -0.2) is 4.98 Å². The van der Waals surface area contributed by atoms with E-state index in [1.54, 1.807) is 35.8 Å². The molecule has 3 heterocycles. The number of thiazole rings is 1. The summed E-state index contributed by atoms with van der Waals surface area (Å²) in [6, 6.07) is 1.23. The highest BCUT2D eigenvalue weighted by molar-refractivity contribution is 7.17. The van der Waals surface area contributed by atoms with Crippen LogP contribution >= 0.6 is 22.9 Å². The van der Waals surface area contributed by atoms with Crippen LogP contribution in [0.25, 0.3) is 0 Å². The van der Waals surface area contributed by atoms with Crippen molar-refractivity contribution in [1.82, 2.24) is 20.1 Å². The average Bonchev–Trinajstić information content (AvgIpc) is 3.06. The second-order valence-corrected chi connectivity index (χ2v) is 6.97. The minimum atomic E-state index is -0.557. The number of amides is 2. The molecule has 1 aliphatic heterocycles. The van der Waals surface area contributed by atoms with E-state index in [0.29, 0.717) is 33.8 Å². The van der Waals surface area contributed by atoms with Crippen molar-refractivity contribution in [1.29, 1.82) is 0 Å². The second-order valence-electron chi connectivity index (χ2n) is 5.39. The second kappa shape index (κ2) is 6.29. The molecule has 3 rings (SSSR count). The third-order valence-corrected chi connectivity index (χ3v) is 4.96. The Morgan fingerprint density at radius 2 is 2.30 bits per heavy atom. The molecule has 7 nitrogen and oxygen atoms in total. The van der Waals surface area contributed by atoms with Gasteiger partial charge in [0.15, 0.2) is 10.3 Å². The summed E-state index contributed by atoms with van der Waals surface area (Å²) in [5.74, 6) is 0.151. The predicted octanol–water partition coefficient (Wildman–Crippen LogP) is 1.76. The molecule has 23 heavy (non-hydrogen) atoms. The fraction of sp³-hybridized carbons (Fsp3) is 0.429. The van der Waals surface area contributed by atoms with Gasteiger partial charge in [-0.15, -0.1) is 0 Å². The highest BCUT2D eigenvalue weighted by Gasteiger charge is 2.32. The van der Waals surface area contributed by atoms with E-state index in [0.717, 1.165) is 17.8 Å². The van der Waals surface area contributed by atoms with Crippen molar-refractivity contribution in [2.24, 2.45) is 7.05 Å². The third kappa shape index (κ3) is 3.23. The number of aryl methyl sites for hydroxylation is 2. The maximum Gasteiger partial charge on any atom is 0.263 e. The molecule has 0 radical (unpaired) electrons. The van der Waals surface area contributed by atoms with Crippen molar-refractivity contribution in [2.75, 3.05) is 11.4 Å². The zero-order chi connectivity index (χ0) is 16.6. The van der Waals surface area contributed by atoms with Crippen LogP contribution in [0.2, 0.25) is 4.47 Å². The van der Waals surface area contributed by atoms with E-state index in [1.807, 2.05) is 0 Å². The van der Waals surface area contributed by atoms with Crippen molar-refractivity contribution in [3.05, 3.63) is 27.3 Å². The standard InChI is InChI=1S/C14H16ClN5O2S/c1-8-11(23-14(15)16-8)12(21)17-9-4-3-6-20(13(9)22)10-5-7-19(2)18-10/h5,7,9H,3-4,6H2,1-2H3,(H,17,21). The quantitative estimate of drug-likeness (QED) is 0.911. The van der Waals surface area contributed by atoms with Gasteiger partial charge in [-0.1, -0.05) is 22.9 Å². The van der Waals surface area contributed by atoms with Crippen LogP contribution in [-0.4, -0.2) is 39.2 Å². The maximum atomic E-state index is 12.6. The van der Waals surface area contributed by atoms with Crippen molar-refractivity contribution >= 4 is 40.6 Å². The Hall–Kier alpha value is -1.93. The number of halogens is 1. The lowest BCUT2D eigenvalue weighted by Crippen LogP contribution is -2.52. The van der Waals surface area contributed by atoms with Gasteiger partial charge in [0.25, 0.3) is 11.8 Å². The topological polar surface area (TPSA) is 80.1 Å². The van der Waals surface area contributed by atoms with Gasteiger partial charge in [-0.3, -0.25) is 19.2 Å². The van der Waals surface area contributed by atoms with Gasteiger partial charge in [-0.05, 0) is 19.8 Å². The molecule has 0 aliphatic carbocycles. The van der Waals surface area contributed by atoms with E-state index in [4.69, 9.17) is 11.6 Å². The number of anilines is 1. The first-order chi connectivity index (χ1) is 11.0. The number of aromatic nitrogens is 3. The molecule has 1 aliphatic rings. The Balaban J connectivity index is 1.74. The molecule has 9 heteroatoms. The monoisotopic (exact) mass is 353 g/mol. The molecule has 0 aromatic carbocycles. The number of carbonyl (C=O) groups excluding carboxylic acids is 2. The summed E-state index contributed by atoms with van der Waals surface area (Å²) in [7, 11) is 1.80. The first kappa shape index (κ1) is 15.9. The number of nitrogens with one attached hydrogen (secondary N) is 1. The summed E-state index contributed by atoms with van der Waals surface area (Å²) >= 11 is 6.94. The minimum Gasteiger partial charge on any atom is -0.339 e. The van der Waals surface area contributed by atoms with Gasteiger partial charge < -0.3 is 5.32 Å². The molecular formula is C14H16ClN5O2S. The van der Waals surface area contributed by atoms with E-state index in [1.165, 1.54) is 0 Å². The summed E-state index contributed by atoms with van der Waals surface area (Å²) in [4.78, 5) is 31.0. The zero-order valence-corrected chi connectivity index (χ0v) is 14.3. The first-order valence-corrected chi connectivity index (χ1v) is 8.40. The lowest BCUT2D eigenvalue weighted by molar-refractivity contribution is -0.121. The van der Waals surface area contributed by atoms with Crippen LogP contribution in [0.3, 0.4) is 0 Å². The number of hydrogen-bond donors (Lipinski definition) is 1. The molecular weight excluding hydrogens is 338 g/mol. The van der Waals surface area contributed by atoms with E-state index in [2.05, 4.69) is 15.4 Å². The normalized spacial score (nSPS) is 18.3. The fourth-order valence-corrected chi connectivity index (χ4v) is 3.64. The Morgan fingerprint density at radius 3 is 2.91 bits per heavy atom. The molecule has 1 saturated heterocycles. The van der Waals surface area contributed by atoms with Crippen LogP contribution in [-0.2, 0) is 11.8 Å². The smallest absolute Gasteiger partial charge is 0.263 e. The van der Waals surface area contributed by atoms with Gasteiger partial charge in [0.2, 0.25) is 0 Å². The Labute approximate surface area is 142 Å². The predicted molar refractivity (Wildman–Crippen MR) is 87.9 cm³/mol. The minimum absolute atomic E-state index is 0.142. The molecule has 0 bridgehead atoms. The molecule has 1 unspecified atom stereocenters. The summed E-state index contributed by atoms with van der Waals surface area (Å²) in [6.07, 6.45) is 3.20. The molecule has 2 amide bonds. The molecule has 1 atom stereocenters. The number of rotatable bonds is 3. The highest BCUT2D eigenvalue weighted by atomic mass is 35.5. The maximum absolute atomic E-state index is 12.6. The Morgan fingerprint density at radius 1 is 1.52 bits per heavy atom. The summed E-state index contributed by atoms with van der Waals surface area (Å²) in [6.45, 7) is 2.33. The lowest BCUT2D eigenvalue weighted by Gasteiger charge is -2.31. The van der Waals surface area contributed by atoms with Crippen LogP contribution in [0.4, 0.5) is 5.82 Å². The van der Waals surface area contributed by atoms with E-state index >= 15 is 0 Å². The Kier molecular flexibility index (Phi) is 4.36. The van der Waals surface area contributed by atoms with Crippen molar-refractivity contribution in [3.8, 4) is 0 Å². The molecule has 2 aromatic rings. The molecule has 2 aromatic heterocycles. The van der Waals surface area contributed by atoms with Gasteiger partial charge >= 0.3 is 0 Å². The van der Waals surface area contributed by atoms with Crippen LogP contribution in [0.5, 0.6) is 0 Å². The number of hydrogen-bond acceptors (Lipinski definition) is 5. The molecule has 1 N–H and O–H groups in total. The van der Waals surface area contributed by atoms with E-state index in [9.17, 15) is 9.59 Å². The molecule has 1 fully saturated rings. The number of piperidine rings is 1. The number of carbonyl (C=O) groups is 2. The summed E-state index contributed by atoms with van der Waals surface area (Å²) < 4.78 is 1.96. The van der Waals surface area contributed by atoms with E-state index < -0.39 is 6.04 Å². The van der Waals surface area contributed by atoms with Crippen LogP contribution < -0.4 is 10.2 Å². The zero-order valence-electron chi connectivity index (χ0n) is 12.7. The Bertz CT molecular complexity index is 756. The van der Waals surface area contributed by atoms with Gasteiger partial charge in [0, 0.05) is 25.9 Å². The molecule has 122 valence electrons. The SMILES string of the molecule is Cc1nc(Cl)sc1C(=O)NC1CCCN(c2ccn(C)n2)C1=O. The largest absolute Gasteiger partial charge is 0.339 e. The van der Waals surface area contributed by atoms with Crippen LogP contribution in [0.15, 0.2) is 12.3 Å². The third-order valence-electron chi connectivity index (χ3n) is 3.70. The fourth-order valence-electron chi connectivity index (χ4n) is 2.58. The van der Waals surface area contributed by atoms with Gasteiger partial charge in [0.1, 0.15) is 10.9 Å². The lowest BCUT2D eigenvalue weighted by atomic mass is 10.0. The number of nitrogens with zero attached hydrogens (tertiary/aromatic N) is 4. The van der Waals surface area contributed by atoms with Crippen molar-refractivity contribution < 1.29 is 9.59 Å². The van der Waals surface area contributed by atoms with Gasteiger partial charge in [-0.2, -0.15) is 5.10 Å². The molecule has 0 saturated carbocycles. The van der Waals surface area contributed by atoms with Crippen molar-refractivity contribution in [3.63, 3.8) is 0 Å². The van der Waals surface area contributed by atoms with Crippen LogP contribution in [0.1, 0.15) is 28.2 Å². The highest BCUT2D eigenvalue weighted by Crippen LogP contribution is 2.23. The summed E-state index contributed by atoms with van der Waals surface area (Å²) in [5, 5.41) is 7.05. The average molecular weight is 354 g/mol. The molecule has 0 spiro atoms. The van der Waals surface area contributed by atoms with E-state index in [-0.39, 0.29) is 11.8 Å². The van der Waals surface area contributed by atoms with Gasteiger partial charge in [0.05, 0.1) is 5.69 Å². The van der Waals surface area contributed by atoms with Crippen molar-refractivity contribution in [2.45, 2.75) is 25.8 Å².